The molecule has 1 saturated heterocycles. The summed E-state index contributed by atoms with van der Waals surface area (Å²) in [5.41, 5.74) is 4.03. The minimum atomic E-state index is 0.404. The Balaban J connectivity index is 1.91. The molecule has 118 valence electrons. The first-order valence-corrected chi connectivity index (χ1v) is 8.19. The number of hydrogen-bond acceptors (Lipinski definition) is 3. The van der Waals surface area contributed by atoms with Crippen molar-refractivity contribution in [2.24, 2.45) is 5.92 Å². The molecule has 1 atom stereocenters. The Hall–Kier alpha value is -1.06. The number of rotatable bonds is 7. The van der Waals surface area contributed by atoms with Gasteiger partial charge >= 0.3 is 0 Å². The van der Waals surface area contributed by atoms with Crippen LogP contribution in [-0.4, -0.2) is 32.8 Å². The summed E-state index contributed by atoms with van der Waals surface area (Å²) in [5, 5.41) is 3.50. The van der Waals surface area contributed by atoms with Crippen LogP contribution in [0, 0.1) is 12.8 Å². The van der Waals surface area contributed by atoms with Gasteiger partial charge in [-0.15, -0.1) is 0 Å². The van der Waals surface area contributed by atoms with E-state index in [0.29, 0.717) is 12.0 Å². The zero-order valence-electron chi connectivity index (χ0n) is 14.0. The maximum atomic E-state index is 5.73. The summed E-state index contributed by atoms with van der Waals surface area (Å²) in [4.78, 5) is 2.33. The van der Waals surface area contributed by atoms with Crippen LogP contribution in [0.4, 0.5) is 5.69 Å². The second kappa shape index (κ2) is 7.81. The molecule has 1 heterocycles. The predicted molar refractivity (Wildman–Crippen MR) is 90.0 cm³/mol. The normalized spacial score (nSPS) is 18.4. The zero-order valence-corrected chi connectivity index (χ0v) is 14.0. The van der Waals surface area contributed by atoms with Crippen molar-refractivity contribution < 1.29 is 4.74 Å². The molecule has 3 nitrogen and oxygen atoms in total. The molecule has 0 aliphatic carbocycles. The first-order chi connectivity index (χ1) is 10.1. The van der Waals surface area contributed by atoms with E-state index in [9.17, 15) is 0 Å². The molecular formula is C18H30N2O. The van der Waals surface area contributed by atoms with E-state index < -0.39 is 0 Å². The highest BCUT2D eigenvalue weighted by Gasteiger charge is 2.18. The molecule has 1 fully saturated rings. The summed E-state index contributed by atoms with van der Waals surface area (Å²) in [6, 6.07) is 6.78. The molecule has 0 spiro atoms. The molecule has 0 amide bonds. The summed E-state index contributed by atoms with van der Waals surface area (Å²) < 4.78 is 5.73. The van der Waals surface area contributed by atoms with Crippen molar-refractivity contribution in [3.63, 3.8) is 0 Å². The third kappa shape index (κ3) is 5.01. The number of likely N-dealkylation sites (N-methyl/N-ethyl adjacent to an activating group) is 1. The number of anilines is 1. The lowest BCUT2D eigenvalue weighted by molar-refractivity contribution is 0.116. The predicted octanol–water partition coefficient (Wildman–Crippen LogP) is 3.36. The third-order valence-electron chi connectivity index (χ3n) is 4.06. The Bertz CT molecular complexity index is 439. The Morgan fingerprint density at radius 2 is 2.19 bits per heavy atom. The molecule has 1 N–H and O–H groups in total. The van der Waals surface area contributed by atoms with Gasteiger partial charge < -0.3 is 15.0 Å². The van der Waals surface area contributed by atoms with Crippen molar-refractivity contribution >= 4 is 5.69 Å². The van der Waals surface area contributed by atoms with Gasteiger partial charge in [0.15, 0.2) is 0 Å². The van der Waals surface area contributed by atoms with Gasteiger partial charge in [-0.2, -0.15) is 0 Å². The molecule has 0 saturated carbocycles. The van der Waals surface area contributed by atoms with Crippen LogP contribution in [0.3, 0.4) is 0 Å². The highest BCUT2D eigenvalue weighted by molar-refractivity contribution is 5.54. The number of hydrogen-bond donors (Lipinski definition) is 1. The summed E-state index contributed by atoms with van der Waals surface area (Å²) in [6.07, 6.45) is 2.81. The topological polar surface area (TPSA) is 24.5 Å². The second-order valence-electron chi connectivity index (χ2n) is 6.66. The Morgan fingerprint density at radius 1 is 1.38 bits per heavy atom. The van der Waals surface area contributed by atoms with Crippen LogP contribution in [0.1, 0.15) is 37.8 Å². The van der Waals surface area contributed by atoms with Crippen LogP contribution < -0.4 is 10.2 Å². The summed E-state index contributed by atoms with van der Waals surface area (Å²) >= 11 is 0. The molecule has 1 aromatic rings. The van der Waals surface area contributed by atoms with Gasteiger partial charge in [-0.3, -0.25) is 0 Å². The van der Waals surface area contributed by atoms with E-state index in [1.807, 2.05) is 0 Å². The molecule has 0 aromatic heterocycles. The van der Waals surface area contributed by atoms with Crippen molar-refractivity contribution in [3.05, 3.63) is 29.3 Å². The highest BCUT2D eigenvalue weighted by atomic mass is 16.5. The fourth-order valence-electron chi connectivity index (χ4n) is 2.95. The molecule has 1 aliphatic rings. The van der Waals surface area contributed by atoms with Gasteiger partial charge in [0.1, 0.15) is 0 Å². The molecule has 2 rings (SSSR count). The van der Waals surface area contributed by atoms with Gasteiger partial charge in [0.05, 0.1) is 6.10 Å². The average molecular weight is 290 g/mol. The van der Waals surface area contributed by atoms with Crippen LogP contribution in [0.5, 0.6) is 0 Å². The summed E-state index contributed by atoms with van der Waals surface area (Å²) in [6.45, 7) is 10.6. The third-order valence-corrected chi connectivity index (χ3v) is 4.06. The number of benzene rings is 1. The standard InChI is InChI=1S/C18H30N2O/c1-14(2)11-19-12-16-7-8-18(15(3)10-16)20(4)13-17-6-5-9-21-17/h7-8,10,14,17,19H,5-6,9,11-13H2,1-4H3. The molecule has 21 heavy (non-hydrogen) atoms. The molecular weight excluding hydrogens is 260 g/mol. The van der Waals surface area contributed by atoms with Crippen LogP contribution >= 0.6 is 0 Å². The maximum absolute atomic E-state index is 5.73. The average Bonchev–Trinajstić information content (AvgIpc) is 2.91. The first-order valence-electron chi connectivity index (χ1n) is 8.19. The van der Waals surface area contributed by atoms with E-state index in [1.165, 1.54) is 29.7 Å². The molecule has 1 unspecified atom stereocenters. The fraction of sp³-hybridized carbons (Fsp3) is 0.667. The molecule has 1 aromatic carbocycles. The lowest BCUT2D eigenvalue weighted by Crippen LogP contribution is -2.29. The minimum Gasteiger partial charge on any atom is -0.376 e. The molecule has 1 aliphatic heterocycles. The van der Waals surface area contributed by atoms with Gasteiger partial charge in [0.2, 0.25) is 0 Å². The van der Waals surface area contributed by atoms with Crippen LogP contribution in [-0.2, 0) is 11.3 Å². The number of nitrogens with one attached hydrogen (secondary N) is 1. The monoisotopic (exact) mass is 290 g/mol. The molecule has 0 bridgehead atoms. The largest absolute Gasteiger partial charge is 0.376 e. The number of ether oxygens (including phenoxy) is 1. The van der Waals surface area contributed by atoms with Crippen molar-refractivity contribution in [1.82, 2.24) is 5.32 Å². The zero-order chi connectivity index (χ0) is 15.2. The second-order valence-corrected chi connectivity index (χ2v) is 6.66. The Labute approximate surface area is 129 Å². The first kappa shape index (κ1) is 16.3. The lowest BCUT2D eigenvalue weighted by atomic mass is 10.1. The Kier molecular flexibility index (Phi) is 6.07. The maximum Gasteiger partial charge on any atom is 0.0750 e. The molecule has 0 radical (unpaired) electrons. The minimum absolute atomic E-state index is 0.404. The fourth-order valence-corrected chi connectivity index (χ4v) is 2.95. The van der Waals surface area contributed by atoms with Crippen molar-refractivity contribution in [1.29, 1.82) is 0 Å². The highest BCUT2D eigenvalue weighted by Crippen LogP contribution is 2.22. The summed E-state index contributed by atoms with van der Waals surface area (Å²) in [5.74, 6) is 0.697. The van der Waals surface area contributed by atoms with Crippen LogP contribution in [0.15, 0.2) is 18.2 Å². The van der Waals surface area contributed by atoms with Crippen LogP contribution in [0.2, 0.25) is 0 Å². The quantitative estimate of drug-likeness (QED) is 0.833. The van der Waals surface area contributed by atoms with E-state index in [0.717, 1.165) is 26.2 Å². The van der Waals surface area contributed by atoms with E-state index >= 15 is 0 Å². The van der Waals surface area contributed by atoms with Gasteiger partial charge in [0, 0.05) is 32.4 Å². The Morgan fingerprint density at radius 3 is 2.81 bits per heavy atom. The summed E-state index contributed by atoms with van der Waals surface area (Å²) in [7, 11) is 2.17. The van der Waals surface area contributed by atoms with Gasteiger partial charge in [-0.05, 0) is 49.4 Å². The van der Waals surface area contributed by atoms with Gasteiger partial charge in [-0.25, -0.2) is 0 Å². The number of nitrogens with zero attached hydrogens (tertiary/aromatic N) is 1. The van der Waals surface area contributed by atoms with Crippen LogP contribution in [0.25, 0.3) is 0 Å². The van der Waals surface area contributed by atoms with E-state index in [-0.39, 0.29) is 0 Å². The molecule has 3 heteroatoms. The smallest absolute Gasteiger partial charge is 0.0750 e. The van der Waals surface area contributed by atoms with Gasteiger partial charge in [0.25, 0.3) is 0 Å². The van der Waals surface area contributed by atoms with E-state index in [1.54, 1.807) is 0 Å². The van der Waals surface area contributed by atoms with Gasteiger partial charge in [-0.1, -0.05) is 26.0 Å². The van der Waals surface area contributed by atoms with Crippen molar-refractivity contribution in [2.45, 2.75) is 46.3 Å². The van der Waals surface area contributed by atoms with Crippen molar-refractivity contribution in [2.75, 3.05) is 31.6 Å². The van der Waals surface area contributed by atoms with E-state index in [2.05, 4.69) is 56.2 Å². The van der Waals surface area contributed by atoms with E-state index in [4.69, 9.17) is 4.74 Å². The number of aryl methyl sites for hydroxylation is 1. The lowest BCUT2D eigenvalue weighted by Gasteiger charge is -2.25. The SMILES string of the molecule is Cc1cc(CNCC(C)C)ccc1N(C)CC1CCCO1. The van der Waals surface area contributed by atoms with Crippen molar-refractivity contribution in [3.8, 4) is 0 Å².